The largest absolute Gasteiger partial charge is 0.351 e. The number of nitrogens with one attached hydrogen (secondary N) is 1. The van der Waals surface area contributed by atoms with Gasteiger partial charge in [-0.15, -0.1) is 0 Å². The first kappa shape index (κ1) is 17.8. The van der Waals surface area contributed by atoms with Crippen LogP contribution in [0.3, 0.4) is 0 Å². The summed E-state index contributed by atoms with van der Waals surface area (Å²) in [6, 6.07) is 1.89. The monoisotopic (exact) mass is 334 g/mol. The number of fused-ring (bicyclic) bond motifs is 1. The lowest BCUT2D eigenvalue weighted by Crippen LogP contribution is -2.26. The van der Waals surface area contributed by atoms with E-state index in [0.29, 0.717) is 17.9 Å². The molecule has 0 saturated heterocycles. The van der Waals surface area contributed by atoms with Crippen molar-refractivity contribution in [3.8, 4) is 0 Å². The summed E-state index contributed by atoms with van der Waals surface area (Å²) >= 11 is 4.15. The molecule has 0 fully saturated rings. The van der Waals surface area contributed by atoms with Crippen molar-refractivity contribution in [2.45, 2.75) is 53.0 Å². The van der Waals surface area contributed by atoms with E-state index in [0.717, 1.165) is 22.4 Å². The number of hydrogen-bond acceptors (Lipinski definition) is 4. The van der Waals surface area contributed by atoms with Crippen LogP contribution in [0.4, 0.5) is 0 Å². The fourth-order valence-electron chi connectivity index (χ4n) is 2.52. The maximum atomic E-state index is 12.6. The van der Waals surface area contributed by atoms with E-state index in [1.165, 1.54) is 0 Å². The summed E-state index contributed by atoms with van der Waals surface area (Å²) in [6.45, 7) is 12.9. The third-order valence-electron chi connectivity index (χ3n) is 3.70. The minimum Gasteiger partial charge on any atom is -0.351 e. The topological polar surface area (TPSA) is 59.8 Å². The Balaban J connectivity index is 2.75. The molecule has 2 aromatic rings. The highest BCUT2D eigenvalue weighted by molar-refractivity contribution is 7.80. The average molecular weight is 334 g/mol. The van der Waals surface area contributed by atoms with Crippen molar-refractivity contribution in [1.82, 2.24) is 20.1 Å². The molecular formula is C17H26N4OS. The Labute approximate surface area is 143 Å². The van der Waals surface area contributed by atoms with Crippen molar-refractivity contribution in [2.24, 2.45) is 0 Å². The van der Waals surface area contributed by atoms with Crippen molar-refractivity contribution in [3.05, 3.63) is 23.0 Å². The van der Waals surface area contributed by atoms with Crippen molar-refractivity contribution in [1.29, 1.82) is 0 Å². The van der Waals surface area contributed by atoms with E-state index in [4.69, 9.17) is 4.98 Å². The van der Waals surface area contributed by atoms with E-state index >= 15 is 0 Å². The van der Waals surface area contributed by atoms with Crippen molar-refractivity contribution in [3.63, 3.8) is 0 Å². The van der Waals surface area contributed by atoms with Crippen LogP contribution in [0.25, 0.3) is 11.0 Å². The van der Waals surface area contributed by atoms with Gasteiger partial charge in [-0.25, -0.2) is 9.67 Å². The van der Waals surface area contributed by atoms with Crippen LogP contribution in [0.15, 0.2) is 6.07 Å². The summed E-state index contributed by atoms with van der Waals surface area (Å²) in [5, 5.41) is 8.38. The van der Waals surface area contributed by atoms with Gasteiger partial charge in [-0.1, -0.05) is 13.8 Å². The number of thiol groups is 1. The van der Waals surface area contributed by atoms with Gasteiger partial charge >= 0.3 is 0 Å². The van der Waals surface area contributed by atoms with Gasteiger partial charge in [0.1, 0.15) is 0 Å². The fourth-order valence-corrected chi connectivity index (χ4v) is 2.63. The minimum absolute atomic E-state index is 0.0927. The van der Waals surface area contributed by atoms with E-state index in [-0.39, 0.29) is 17.4 Å². The predicted molar refractivity (Wildman–Crippen MR) is 97.5 cm³/mol. The van der Waals surface area contributed by atoms with Gasteiger partial charge in [-0.2, -0.15) is 17.7 Å². The molecule has 6 heteroatoms. The molecule has 1 amide bonds. The summed E-state index contributed by atoms with van der Waals surface area (Å²) < 4.78 is 1.92. The molecule has 5 nitrogen and oxygen atoms in total. The Kier molecular flexibility index (Phi) is 5.04. The van der Waals surface area contributed by atoms with Gasteiger partial charge in [0.15, 0.2) is 5.65 Å². The van der Waals surface area contributed by atoms with Crippen LogP contribution in [0, 0.1) is 6.92 Å². The lowest BCUT2D eigenvalue weighted by Gasteiger charge is -2.20. The molecule has 0 atom stereocenters. The maximum Gasteiger partial charge on any atom is 0.252 e. The molecular weight excluding hydrogens is 308 g/mol. The van der Waals surface area contributed by atoms with Gasteiger partial charge < -0.3 is 5.32 Å². The van der Waals surface area contributed by atoms with Crippen LogP contribution >= 0.6 is 12.6 Å². The second-order valence-corrected chi connectivity index (χ2v) is 7.54. The molecule has 0 saturated carbocycles. The van der Waals surface area contributed by atoms with Gasteiger partial charge in [0.2, 0.25) is 0 Å². The van der Waals surface area contributed by atoms with Gasteiger partial charge in [0.05, 0.1) is 22.2 Å². The molecule has 0 spiro atoms. The molecule has 0 aliphatic rings. The van der Waals surface area contributed by atoms with Crippen LogP contribution < -0.4 is 5.32 Å². The Morgan fingerprint density at radius 1 is 1.39 bits per heavy atom. The molecule has 0 aromatic carbocycles. The smallest absolute Gasteiger partial charge is 0.252 e. The molecule has 2 heterocycles. The Bertz CT molecular complexity index is 728. The molecule has 0 unspecified atom stereocenters. The Hall–Kier alpha value is -1.56. The van der Waals surface area contributed by atoms with Gasteiger partial charge in [0.25, 0.3) is 5.91 Å². The summed E-state index contributed by atoms with van der Waals surface area (Å²) in [5.41, 5.74) is 2.95. The standard InChI is InChI=1S/C17H26N4OS/c1-10(2)13-9-12(16(22)18-7-8-23)14-11(3)20-21(15(14)19-13)17(4,5)6/h9-10,23H,7-8H2,1-6H3,(H,18,22). The molecule has 23 heavy (non-hydrogen) atoms. The first-order chi connectivity index (χ1) is 10.7. The highest BCUT2D eigenvalue weighted by Crippen LogP contribution is 2.28. The molecule has 0 bridgehead atoms. The van der Waals surface area contributed by atoms with Crippen molar-refractivity contribution >= 4 is 29.6 Å². The number of amides is 1. The first-order valence-electron chi connectivity index (χ1n) is 7.96. The highest BCUT2D eigenvalue weighted by atomic mass is 32.1. The predicted octanol–water partition coefficient (Wildman–Crippen LogP) is 3.28. The third-order valence-corrected chi connectivity index (χ3v) is 3.93. The lowest BCUT2D eigenvalue weighted by molar-refractivity contribution is 0.0957. The van der Waals surface area contributed by atoms with Crippen LogP contribution in [-0.2, 0) is 5.54 Å². The quantitative estimate of drug-likeness (QED) is 0.844. The highest BCUT2D eigenvalue weighted by Gasteiger charge is 2.25. The van der Waals surface area contributed by atoms with Crippen LogP contribution in [0.5, 0.6) is 0 Å². The van der Waals surface area contributed by atoms with Gasteiger partial charge in [0, 0.05) is 18.0 Å². The summed E-state index contributed by atoms with van der Waals surface area (Å²) in [7, 11) is 0. The first-order valence-corrected chi connectivity index (χ1v) is 8.60. The van der Waals surface area contributed by atoms with Crippen molar-refractivity contribution in [2.75, 3.05) is 12.3 Å². The number of nitrogens with zero attached hydrogens (tertiary/aromatic N) is 3. The summed E-state index contributed by atoms with van der Waals surface area (Å²) in [5.74, 6) is 0.751. The zero-order chi connectivity index (χ0) is 17.4. The maximum absolute atomic E-state index is 12.6. The van der Waals surface area contributed by atoms with E-state index in [1.807, 2.05) is 17.7 Å². The molecule has 126 valence electrons. The normalized spacial score (nSPS) is 12.2. The lowest BCUT2D eigenvalue weighted by atomic mass is 10.0. The average Bonchev–Trinajstić information content (AvgIpc) is 2.81. The summed E-state index contributed by atoms with van der Waals surface area (Å²) in [6.07, 6.45) is 0. The molecule has 0 aliphatic heterocycles. The van der Waals surface area contributed by atoms with E-state index in [2.05, 4.69) is 57.7 Å². The number of aromatic nitrogens is 3. The second-order valence-electron chi connectivity index (χ2n) is 7.10. The van der Waals surface area contributed by atoms with Crippen LogP contribution in [0.2, 0.25) is 0 Å². The van der Waals surface area contributed by atoms with E-state index < -0.39 is 0 Å². The number of hydrogen-bond donors (Lipinski definition) is 2. The molecule has 1 N–H and O–H groups in total. The number of rotatable bonds is 4. The Morgan fingerprint density at radius 2 is 2.04 bits per heavy atom. The molecule has 2 aromatic heterocycles. The van der Waals surface area contributed by atoms with Crippen LogP contribution in [-0.4, -0.2) is 33.0 Å². The molecule has 0 radical (unpaired) electrons. The van der Waals surface area contributed by atoms with Crippen molar-refractivity contribution < 1.29 is 4.79 Å². The molecule has 2 rings (SSSR count). The minimum atomic E-state index is -0.200. The van der Waals surface area contributed by atoms with Crippen LogP contribution in [0.1, 0.15) is 62.3 Å². The number of pyridine rings is 1. The fraction of sp³-hybridized carbons (Fsp3) is 0.588. The summed E-state index contributed by atoms with van der Waals surface area (Å²) in [4.78, 5) is 17.4. The van der Waals surface area contributed by atoms with E-state index in [9.17, 15) is 4.79 Å². The SMILES string of the molecule is Cc1nn(C(C)(C)C)c2nc(C(C)C)cc(C(=O)NCCS)c12. The second kappa shape index (κ2) is 6.51. The number of carbonyl (C=O) groups excluding carboxylic acids is 1. The third kappa shape index (κ3) is 3.52. The molecule has 0 aliphatic carbocycles. The number of carbonyl (C=O) groups is 1. The Morgan fingerprint density at radius 3 is 2.57 bits per heavy atom. The van der Waals surface area contributed by atoms with Gasteiger partial charge in [-0.05, 0) is 39.7 Å². The zero-order valence-corrected chi connectivity index (χ0v) is 15.7. The number of aryl methyl sites for hydroxylation is 1. The van der Waals surface area contributed by atoms with E-state index in [1.54, 1.807) is 0 Å². The van der Waals surface area contributed by atoms with Gasteiger partial charge in [-0.3, -0.25) is 4.79 Å². The zero-order valence-electron chi connectivity index (χ0n) is 14.8.